The summed E-state index contributed by atoms with van der Waals surface area (Å²) in [6, 6.07) is 15.6. The Morgan fingerprint density at radius 3 is 1.83 bits per heavy atom. The normalized spacial score (nSPS) is 14.2. The van der Waals surface area contributed by atoms with Crippen LogP contribution in [0.2, 0.25) is 0 Å². The molecule has 4 amide bonds. The fourth-order valence-electron chi connectivity index (χ4n) is 12.0. The van der Waals surface area contributed by atoms with Gasteiger partial charge in [-0.05, 0) is 105 Å². The molecule has 86 heavy (non-hydrogen) atoms. The molecule has 2 aromatic heterocycles. The van der Waals surface area contributed by atoms with Gasteiger partial charge in [-0.1, -0.05) is 123 Å². The van der Waals surface area contributed by atoms with Crippen LogP contribution in [0.4, 0.5) is 11.5 Å². The Bertz CT molecular complexity index is 2460. The summed E-state index contributed by atoms with van der Waals surface area (Å²) in [5.74, 6) is 1.75. The number of aryl methyl sites for hydroxylation is 1. The van der Waals surface area contributed by atoms with Crippen LogP contribution in [-0.4, -0.2) is 142 Å². The highest BCUT2D eigenvalue weighted by Crippen LogP contribution is 2.45. The van der Waals surface area contributed by atoms with Crippen molar-refractivity contribution in [2.45, 2.75) is 194 Å². The van der Waals surface area contributed by atoms with Gasteiger partial charge in [-0.3, -0.25) is 28.9 Å². The molecule has 1 aromatic carbocycles. The average molecular weight is 1200 g/mol. The number of piperidine rings is 1. The molecule has 1 aliphatic carbocycles. The van der Waals surface area contributed by atoms with Crippen molar-refractivity contribution >= 4 is 41.1 Å². The Morgan fingerprint density at radius 2 is 1.28 bits per heavy atom. The molecule has 18 heteroatoms. The third kappa shape index (κ3) is 27.5. The number of aliphatic carboxylic acids is 1. The number of quaternary nitrogens is 1. The second-order valence-electron chi connectivity index (χ2n) is 25.7. The highest BCUT2D eigenvalue weighted by Gasteiger charge is 2.35. The van der Waals surface area contributed by atoms with Crippen molar-refractivity contribution in [1.82, 2.24) is 25.9 Å². The maximum absolute atomic E-state index is 15.0. The van der Waals surface area contributed by atoms with Crippen LogP contribution in [0.5, 0.6) is 11.6 Å². The number of likely N-dealkylation sites (N-methyl/N-ethyl adjacent to an activating group) is 1. The van der Waals surface area contributed by atoms with Crippen LogP contribution in [0.15, 0.2) is 54.7 Å². The number of benzene rings is 1. The number of hydrogen-bond acceptors (Lipinski definition) is 12. The van der Waals surface area contributed by atoms with Crippen molar-refractivity contribution in [3.05, 3.63) is 71.5 Å². The van der Waals surface area contributed by atoms with Crippen LogP contribution in [-0.2, 0) is 19.2 Å². The summed E-state index contributed by atoms with van der Waals surface area (Å²) in [4.78, 5) is 77.4. The van der Waals surface area contributed by atoms with Gasteiger partial charge in [0.25, 0.3) is 5.91 Å². The minimum atomic E-state index is -0.776. The molecule has 1 atom stereocenters. The van der Waals surface area contributed by atoms with E-state index in [-0.39, 0.29) is 41.4 Å². The number of aromatic nitrogens is 2. The van der Waals surface area contributed by atoms with E-state index in [0.29, 0.717) is 124 Å². The molecule has 0 bridgehead atoms. The van der Waals surface area contributed by atoms with E-state index in [2.05, 4.69) is 39.7 Å². The third-order valence-electron chi connectivity index (χ3n) is 17.5. The average Bonchev–Trinajstić information content (AvgIpc) is 3.19. The van der Waals surface area contributed by atoms with Crippen LogP contribution < -0.4 is 46.7 Å². The zero-order valence-electron chi connectivity index (χ0n) is 53.5. The molecular formula is C68H111N10O8+. The molecule has 3 aromatic rings. The second kappa shape index (κ2) is 39.1. The van der Waals surface area contributed by atoms with Crippen molar-refractivity contribution in [2.24, 2.45) is 28.7 Å². The molecule has 5 rings (SSSR count). The number of anilines is 2. The Balaban J connectivity index is 0.922. The SMILES string of the molecule is COc1ccc(C(=O)N(CC(C)(C)CCCCCCCCCCCCCCCCCCCC(=O)NCC[N+](C)(CCC(=O)NCCN)CCC(=O)NCCN)c2cccc(C)n2)c(N2CCC(COc3cc(C(CC(=O)O)C4CC4)ccn3)CC2)c1. The minimum Gasteiger partial charge on any atom is -0.497 e. The lowest BCUT2D eigenvalue weighted by Crippen LogP contribution is -2.52. The van der Waals surface area contributed by atoms with E-state index in [1.54, 1.807) is 13.3 Å². The van der Waals surface area contributed by atoms with E-state index in [0.717, 1.165) is 87.8 Å². The fraction of sp³-hybridized carbons (Fsp3) is 0.691. The van der Waals surface area contributed by atoms with Gasteiger partial charge < -0.3 is 51.4 Å². The number of carboxylic acid groups (broad SMARTS) is 1. The highest BCUT2D eigenvalue weighted by atomic mass is 16.5. The first-order valence-electron chi connectivity index (χ1n) is 33.0. The number of nitrogens with one attached hydrogen (secondary N) is 3. The van der Waals surface area contributed by atoms with Gasteiger partial charge in [0.2, 0.25) is 23.6 Å². The summed E-state index contributed by atoms with van der Waals surface area (Å²) in [5.41, 5.74) is 14.3. The number of nitrogens with two attached hydrogens (primary N) is 2. The Kier molecular flexibility index (Phi) is 32.3. The predicted molar refractivity (Wildman–Crippen MR) is 345 cm³/mol. The standard InChI is InChI=1S/C68H110N10O8/c1-53-24-23-25-61(75-53)77(67(84)58-30-29-57(85-5)49-60(58)76-43-32-54(33-44-76)51-86-65-48-56(31-39-74-65)59(50-66(82)83)55-27-28-55)52-68(2,3)36-22-20-18-16-14-12-10-8-6-7-9-11-13-15-17-19-21-26-62(79)73-42-47-78(4,45-34-63(80)71-40-37-69)46-35-64(81)72-41-38-70/h23-25,29-31,39,48-49,54-55,59H,6-22,26-28,32-38,40-47,50-52,69-70H2,1-5H3,(H3-,71,72,73,79,80,81,82,83)/p+1. The smallest absolute Gasteiger partial charge is 0.303 e. The Labute approximate surface area is 516 Å². The zero-order valence-corrected chi connectivity index (χ0v) is 53.5. The molecule has 1 unspecified atom stereocenters. The van der Waals surface area contributed by atoms with Gasteiger partial charge in [-0.25, -0.2) is 9.97 Å². The topological polar surface area (TPSA) is 244 Å². The largest absolute Gasteiger partial charge is 0.497 e. The van der Waals surface area contributed by atoms with E-state index in [1.165, 1.54) is 83.5 Å². The molecule has 0 spiro atoms. The van der Waals surface area contributed by atoms with E-state index >= 15 is 4.79 Å². The maximum Gasteiger partial charge on any atom is 0.303 e. The summed E-state index contributed by atoms with van der Waals surface area (Å²) < 4.78 is 12.5. The van der Waals surface area contributed by atoms with Crippen LogP contribution in [0.25, 0.3) is 0 Å². The molecular weight excluding hydrogens is 1080 g/mol. The van der Waals surface area contributed by atoms with Crippen molar-refractivity contribution in [3.63, 3.8) is 0 Å². The third-order valence-corrected chi connectivity index (χ3v) is 17.5. The quantitative estimate of drug-likeness (QED) is 0.0228. The molecule has 18 nitrogen and oxygen atoms in total. The van der Waals surface area contributed by atoms with E-state index in [1.807, 2.05) is 67.4 Å². The minimum absolute atomic E-state index is 0.00862. The number of hydrogen-bond donors (Lipinski definition) is 6. The van der Waals surface area contributed by atoms with Gasteiger partial charge in [-0.2, -0.15) is 0 Å². The predicted octanol–water partition coefficient (Wildman–Crippen LogP) is 10.6. The molecule has 8 N–H and O–H groups in total. The Morgan fingerprint density at radius 1 is 0.721 bits per heavy atom. The first-order chi connectivity index (χ1) is 41.5. The van der Waals surface area contributed by atoms with Gasteiger partial charge >= 0.3 is 5.97 Å². The first kappa shape index (κ1) is 70.9. The number of ether oxygens (including phenoxy) is 2. The summed E-state index contributed by atoms with van der Waals surface area (Å²) >= 11 is 0. The molecule has 3 heterocycles. The summed E-state index contributed by atoms with van der Waals surface area (Å²) in [6.07, 6.45) is 28.8. The number of amides is 4. The fourth-order valence-corrected chi connectivity index (χ4v) is 12.0. The lowest BCUT2D eigenvalue weighted by Gasteiger charge is -2.36. The number of nitrogens with zero attached hydrogens (tertiary/aromatic N) is 5. The van der Waals surface area contributed by atoms with Gasteiger partial charge in [0.1, 0.15) is 11.6 Å². The number of pyridine rings is 2. The molecule has 0 radical (unpaired) electrons. The highest BCUT2D eigenvalue weighted by molar-refractivity contribution is 6.09. The van der Waals surface area contributed by atoms with Crippen molar-refractivity contribution < 1.29 is 43.0 Å². The molecule has 2 aliphatic rings. The summed E-state index contributed by atoms with van der Waals surface area (Å²) in [5, 5.41) is 18.2. The number of unbranched alkanes of at least 4 members (excludes halogenated alkanes) is 16. The lowest BCUT2D eigenvalue weighted by molar-refractivity contribution is -0.907. The van der Waals surface area contributed by atoms with Crippen LogP contribution in [0, 0.1) is 24.2 Å². The molecule has 480 valence electrons. The van der Waals surface area contributed by atoms with Crippen molar-refractivity contribution in [3.8, 4) is 11.6 Å². The monoisotopic (exact) mass is 1200 g/mol. The van der Waals surface area contributed by atoms with Gasteiger partial charge in [0.15, 0.2) is 0 Å². The van der Waals surface area contributed by atoms with E-state index < -0.39 is 5.97 Å². The number of rotatable bonds is 46. The molecule has 1 aliphatic heterocycles. The van der Waals surface area contributed by atoms with Gasteiger partial charge in [-0.15, -0.1) is 0 Å². The summed E-state index contributed by atoms with van der Waals surface area (Å²) in [6.45, 7) is 13.1. The molecule has 2 fully saturated rings. The Hall–Kier alpha value is -5.85. The first-order valence-corrected chi connectivity index (χ1v) is 33.0. The van der Waals surface area contributed by atoms with E-state index in [4.69, 9.17) is 25.9 Å². The number of carboxylic acids is 1. The number of methoxy groups -OCH3 is 1. The van der Waals surface area contributed by atoms with Crippen LogP contribution in [0.1, 0.15) is 208 Å². The van der Waals surface area contributed by atoms with Crippen LogP contribution in [0.3, 0.4) is 0 Å². The van der Waals surface area contributed by atoms with Crippen LogP contribution >= 0.6 is 0 Å². The second-order valence-corrected chi connectivity index (χ2v) is 25.7. The van der Waals surface area contributed by atoms with Crippen molar-refractivity contribution in [1.29, 1.82) is 0 Å². The number of carbonyl (C=O) groups excluding carboxylic acids is 4. The summed E-state index contributed by atoms with van der Waals surface area (Å²) in [7, 11) is 3.70. The maximum atomic E-state index is 15.0. The van der Waals surface area contributed by atoms with E-state index in [9.17, 15) is 24.3 Å². The van der Waals surface area contributed by atoms with Gasteiger partial charge in [0.05, 0.1) is 77.5 Å². The zero-order chi connectivity index (χ0) is 62.0. The van der Waals surface area contributed by atoms with Crippen molar-refractivity contribution in [2.75, 3.05) is 103 Å². The molecule has 1 saturated carbocycles. The molecule has 1 saturated heterocycles. The number of carbonyl (C=O) groups is 5. The van der Waals surface area contributed by atoms with Gasteiger partial charge in [0, 0.05) is 76.3 Å². The lowest BCUT2D eigenvalue weighted by atomic mass is 9.85.